The van der Waals surface area contributed by atoms with Crippen LogP contribution in [0.15, 0.2) is 24.3 Å². The van der Waals surface area contributed by atoms with Crippen molar-refractivity contribution in [3.63, 3.8) is 0 Å². The predicted octanol–water partition coefficient (Wildman–Crippen LogP) is 6.21. The van der Waals surface area contributed by atoms with Gasteiger partial charge in [-0.2, -0.15) is 0 Å². The van der Waals surface area contributed by atoms with Gasteiger partial charge < -0.3 is 0 Å². The van der Waals surface area contributed by atoms with Crippen LogP contribution in [0.5, 0.6) is 0 Å². The molecule has 0 bridgehead atoms. The van der Waals surface area contributed by atoms with Crippen molar-refractivity contribution in [1.29, 1.82) is 0 Å². The standard InChI is InChI=1S/C12H18.C8H12.Ru/c1-7-8(2)10(4)12(6)11(5)9(7)3;1-2-4-6-8-7-5-3-1;/h1-6H3;1-2,7-8H,3-6H2;/b;2-1-,8-7-;. The maximum atomic E-state index is 2.27. The van der Waals surface area contributed by atoms with Crippen LogP contribution in [0.25, 0.3) is 0 Å². The van der Waals surface area contributed by atoms with E-state index in [1.54, 1.807) is 0 Å². The average molecular weight is 372 g/mol. The zero-order valence-electron chi connectivity index (χ0n) is 14.5. The summed E-state index contributed by atoms with van der Waals surface area (Å²) in [5.74, 6) is 0. The van der Waals surface area contributed by atoms with Gasteiger partial charge in [0.15, 0.2) is 0 Å². The molecule has 0 fully saturated rings. The molecule has 1 aliphatic carbocycles. The molecule has 2 rings (SSSR count). The zero-order chi connectivity index (χ0) is 15.1. The van der Waals surface area contributed by atoms with E-state index in [1.807, 2.05) is 0 Å². The van der Waals surface area contributed by atoms with Crippen LogP contribution in [0.1, 0.15) is 59.1 Å². The van der Waals surface area contributed by atoms with Gasteiger partial charge in [-0.1, -0.05) is 24.3 Å². The van der Waals surface area contributed by atoms with Gasteiger partial charge in [0.2, 0.25) is 0 Å². The van der Waals surface area contributed by atoms with Gasteiger partial charge in [0, 0.05) is 19.5 Å². The van der Waals surface area contributed by atoms with E-state index < -0.39 is 0 Å². The molecule has 1 aromatic carbocycles. The molecule has 0 spiro atoms. The van der Waals surface area contributed by atoms with Crippen molar-refractivity contribution in [1.82, 2.24) is 0 Å². The van der Waals surface area contributed by atoms with E-state index in [9.17, 15) is 0 Å². The molecule has 0 N–H and O–H groups in total. The summed E-state index contributed by atoms with van der Waals surface area (Å²) in [6.07, 6.45) is 14.0. The van der Waals surface area contributed by atoms with Crippen molar-refractivity contribution >= 4 is 0 Å². The van der Waals surface area contributed by atoms with Crippen LogP contribution >= 0.6 is 0 Å². The Bertz CT molecular complexity index is 376. The smallest absolute Gasteiger partial charge is 0 e. The number of hydrogen-bond donors (Lipinski definition) is 0. The molecule has 1 aliphatic rings. The fraction of sp³-hybridized carbons (Fsp3) is 0.500. The van der Waals surface area contributed by atoms with Crippen molar-refractivity contribution in [2.45, 2.75) is 67.2 Å². The molecule has 0 heterocycles. The van der Waals surface area contributed by atoms with Gasteiger partial charge in [-0.3, -0.25) is 0 Å². The summed E-state index contributed by atoms with van der Waals surface area (Å²) in [5.41, 5.74) is 8.73. The molecule has 0 atom stereocenters. The average Bonchev–Trinajstić information content (AvgIpc) is 2.41. The van der Waals surface area contributed by atoms with Crippen molar-refractivity contribution in [2.24, 2.45) is 0 Å². The molecule has 1 heteroatoms. The topological polar surface area (TPSA) is 0 Å². The summed E-state index contributed by atoms with van der Waals surface area (Å²) in [6.45, 7) is 13.3. The largest absolute Gasteiger partial charge is 0.0882 e. The Morgan fingerprint density at radius 3 is 0.714 bits per heavy atom. The molecule has 0 radical (unpaired) electrons. The van der Waals surface area contributed by atoms with Gasteiger partial charge in [0.1, 0.15) is 0 Å². The molecular formula is C20H30Ru. The van der Waals surface area contributed by atoms with E-state index in [4.69, 9.17) is 0 Å². The molecule has 1 aromatic rings. The van der Waals surface area contributed by atoms with Crippen LogP contribution in [-0.2, 0) is 19.5 Å². The third kappa shape index (κ3) is 5.91. The fourth-order valence-corrected chi connectivity index (χ4v) is 2.54. The van der Waals surface area contributed by atoms with Crippen LogP contribution in [0.3, 0.4) is 0 Å². The molecule has 0 aromatic heterocycles. The Kier molecular flexibility index (Phi) is 9.79. The minimum atomic E-state index is 0. The monoisotopic (exact) mass is 372 g/mol. The van der Waals surface area contributed by atoms with E-state index in [0.29, 0.717) is 0 Å². The SMILES string of the molecule is C1=C\CC/C=C\CC/1.Cc1c(C)c(C)c(C)c(C)c1C.[Ru]. The van der Waals surface area contributed by atoms with Crippen molar-refractivity contribution < 1.29 is 19.5 Å². The summed E-state index contributed by atoms with van der Waals surface area (Å²) in [5, 5.41) is 0. The molecule has 0 saturated carbocycles. The second-order valence-corrected chi connectivity index (χ2v) is 5.85. The third-order valence-electron chi connectivity index (χ3n) is 4.71. The maximum absolute atomic E-state index is 2.27. The maximum Gasteiger partial charge on any atom is 0 e. The van der Waals surface area contributed by atoms with E-state index in [0.717, 1.165) is 0 Å². The number of rotatable bonds is 0. The Labute approximate surface area is 144 Å². The van der Waals surface area contributed by atoms with Crippen molar-refractivity contribution in [2.75, 3.05) is 0 Å². The van der Waals surface area contributed by atoms with Gasteiger partial charge in [-0.05, 0) is 101 Å². The molecule has 0 unspecified atom stereocenters. The first-order valence-electron chi connectivity index (χ1n) is 7.80. The summed E-state index contributed by atoms with van der Waals surface area (Å²) >= 11 is 0. The van der Waals surface area contributed by atoms with Crippen LogP contribution in [-0.4, -0.2) is 0 Å². The normalized spacial score (nSPS) is 16.7. The number of benzene rings is 1. The fourth-order valence-electron chi connectivity index (χ4n) is 2.54. The van der Waals surface area contributed by atoms with Gasteiger partial charge in [0.25, 0.3) is 0 Å². The Morgan fingerprint density at radius 2 is 0.571 bits per heavy atom. The quantitative estimate of drug-likeness (QED) is 0.376. The van der Waals surface area contributed by atoms with Crippen LogP contribution in [0.4, 0.5) is 0 Å². The van der Waals surface area contributed by atoms with E-state index in [-0.39, 0.29) is 19.5 Å². The molecule has 21 heavy (non-hydrogen) atoms. The van der Waals surface area contributed by atoms with Gasteiger partial charge in [0.05, 0.1) is 0 Å². The minimum absolute atomic E-state index is 0. The number of allylic oxidation sites excluding steroid dienone is 4. The summed E-state index contributed by atoms with van der Waals surface area (Å²) < 4.78 is 0. The van der Waals surface area contributed by atoms with E-state index in [1.165, 1.54) is 59.1 Å². The minimum Gasteiger partial charge on any atom is -0.0882 e. The first-order valence-corrected chi connectivity index (χ1v) is 7.80. The van der Waals surface area contributed by atoms with E-state index in [2.05, 4.69) is 65.8 Å². The first-order chi connectivity index (χ1) is 9.46. The molecule has 118 valence electrons. The third-order valence-corrected chi connectivity index (χ3v) is 4.71. The Morgan fingerprint density at radius 1 is 0.429 bits per heavy atom. The first kappa shape index (κ1) is 20.3. The predicted molar refractivity (Wildman–Crippen MR) is 91.6 cm³/mol. The van der Waals surface area contributed by atoms with Crippen molar-refractivity contribution in [3.8, 4) is 0 Å². The molecule has 0 amide bonds. The Balaban J connectivity index is 0.000000390. The van der Waals surface area contributed by atoms with Crippen LogP contribution in [0, 0.1) is 41.5 Å². The van der Waals surface area contributed by atoms with Crippen LogP contribution in [0.2, 0.25) is 0 Å². The number of hydrogen-bond acceptors (Lipinski definition) is 0. The summed E-state index contributed by atoms with van der Waals surface area (Å²) in [6, 6.07) is 0. The second-order valence-electron chi connectivity index (χ2n) is 5.85. The van der Waals surface area contributed by atoms with Gasteiger partial charge in [-0.15, -0.1) is 0 Å². The van der Waals surface area contributed by atoms with Gasteiger partial charge >= 0.3 is 0 Å². The molecule has 0 saturated heterocycles. The summed E-state index contributed by atoms with van der Waals surface area (Å²) in [4.78, 5) is 0. The summed E-state index contributed by atoms with van der Waals surface area (Å²) in [7, 11) is 0. The van der Waals surface area contributed by atoms with E-state index >= 15 is 0 Å². The Hall–Kier alpha value is -0.677. The zero-order valence-corrected chi connectivity index (χ0v) is 16.2. The van der Waals surface area contributed by atoms with Crippen LogP contribution < -0.4 is 0 Å². The molecule has 0 aliphatic heterocycles. The molecular weight excluding hydrogens is 341 g/mol. The second kappa shape index (κ2) is 10.1. The van der Waals surface area contributed by atoms with Gasteiger partial charge in [-0.25, -0.2) is 0 Å². The molecule has 0 nitrogen and oxygen atoms in total. The van der Waals surface area contributed by atoms with Crippen molar-refractivity contribution in [3.05, 3.63) is 57.7 Å².